The van der Waals surface area contributed by atoms with E-state index < -0.39 is 0 Å². The van der Waals surface area contributed by atoms with Gasteiger partial charge in [0.15, 0.2) is 11.5 Å². The zero-order valence-electron chi connectivity index (χ0n) is 15.0. The van der Waals surface area contributed by atoms with Crippen molar-refractivity contribution in [1.29, 1.82) is 0 Å². The maximum Gasteiger partial charge on any atom is 0.241 e. The predicted molar refractivity (Wildman–Crippen MR) is 101 cm³/mol. The maximum absolute atomic E-state index is 12.7. The summed E-state index contributed by atoms with van der Waals surface area (Å²) < 4.78 is 5.90. The fourth-order valence-electron chi connectivity index (χ4n) is 3.98. The van der Waals surface area contributed by atoms with Crippen LogP contribution in [0.3, 0.4) is 0 Å². The molecule has 4 rings (SSSR count). The Hall–Kier alpha value is -1.63. The van der Waals surface area contributed by atoms with Gasteiger partial charge in [-0.15, -0.1) is 0 Å². The molecule has 1 aromatic carbocycles. The molecule has 2 N–H and O–H groups in total. The maximum atomic E-state index is 12.7. The van der Waals surface area contributed by atoms with Gasteiger partial charge in [-0.1, -0.05) is 24.9 Å². The van der Waals surface area contributed by atoms with Crippen molar-refractivity contribution in [3.8, 4) is 0 Å². The third kappa shape index (κ3) is 3.59. The number of hydrogen-bond acceptors (Lipinski definition) is 5. The first-order chi connectivity index (χ1) is 12.6. The predicted octanol–water partition coefficient (Wildman–Crippen LogP) is 3.22. The highest BCUT2D eigenvalue weighted by atomic mass is 35.5. The SMILES string of the molecule is CCCC1CC(C(=O)N2CCC(c3nc4cc(Cl)ccc4o3)CC2)NN1. The molecule has 1 aromatic heterocycles. The number of piperidine rings is 1. The van der Waals surface area contributed by atoms with Gasteiger partial charge in [0, 0.05) is 30.1 Å². The Balaban J connectivity index is 1.35. The first-order valence-electron chi connectivity index (χ1n) is 9.50. The van der Waals surface area contributed by atoms with Gasteiger partial charge in [-0.05, 0) is 43.9 Å². The molecule has 2 aliphatic rings. The number of nitrogens with zero attached hydrogens (tertiary/aromatic N) is 2. The molecule has 6 nitrogen and oxygen atoms in total. The Kier molecular flexibility index (Phi) is 5.16. The molecule has 7 heteroatoms. The number of carbonyl (C=O) groups is 1. The van der Waals surface area contributed by atoms with Gasteiger partial charge >= 0.3 is 0 Å². The third-order valence-electron chi connectivity index (χ3n) is 5.44. The molecule has 2 aromatic rings. The van der Waals surface area contributed by atoms with Crippen LogP contribution in [0.1, 0.15) is 50.8 Å². The second-order valence-electron chi connectivity index (χ2n) is 7.33. The molecule has 140 valence electrons. The molecule has 0 saturated carbocycles. The second-order valence-corrected chi connectivity index (χ2v) is 7.76. The summed E-state index contributed by atoms with van der Waals surface area (Å²) in [7, 11) is 0. The minimum absolute atomic E-state index is 0.102. The lowest BCUT2D eigenvalue weighted by atomic mass is 9.96. The van der Waals surface area contributed by atoms with Crippen molar-refractivity contribution in [1.82, 2.24) is 20.7 Å². The van der Waals surface area contributed by atoms with Crippen molar-refractivity contribution >= 4 is 28.6 Å². The first kappa shape index (κ1) is 17.8. The Morgan fingerprint density at radius 2 is 2.15 bits per heavy atom. The van der Waals surface area contributed by atoms with Gasteiger partial charge in [0.1, 0.15) is 11.6 Å². The number of halogens is 1. The Bertz CT molecular complexity index is 785. The number of benzene rings is 1. The van der Waals surface area contributed by atoms with Gasteiger partial charge in [-0.25, -0.2) is 10.4 Å². The summed E-state index contributed by atoms with van der Waals surface area (Å²) in [5.74, 6) is 1.23. The zero-order chi connectivity index (χ0) is 18.1. The summed E-state index contributed by atoms with van der Waals surface area (Å²) in [6.45, 7) is 3.67. The second kappa shape index (κ2) is 7.55. The molecule has 2 unspecified atom stereocenters. The van der Waals surface area contributed by atoms with Crippen molar-refractivity contribution in [2.45, 2.75) is 57.0 Å². The number of rotatable bonds is 4. The fraction of sp³-hybridized carbons (Fsp3) is 0.579. The van der Waals surface area contributed by atoms with Crippen LogP contribution in [0, 0.1) is 0 Å². The lowest BCUT2D eigenvalue weighted by Gasteiger charge is -2.32. The topological polar surface area (TPSA) is 70.4 Å². The molecular formula is C19H25ClN4O2. The van der Waals surface area contributed by atoms with Crippen molar-refractivity contribution in [2.75, 3.05) is 13.1 Å². The van der Waals surface area contributed by atoms with E-state index in [0.717, 1.165) is 62.2 Å². The number of carbonyl (C=O) groups excluding carboxylic acids is 1. The summed E-state index contributed by atoms with van der Waals surface area (Å²) in [4.78, 5) is 19.3. The van der Waals surface area contributed by atoms with Crippen LogP contribution in [0.15, 0.2) is 22.6 Å². The van der Waals surface area contributed by atoms with E-state index >= 15 is 0 Å². The lowest BCUT2D eigenvalue weighted by Crippen LogP contribution is -2.48. The molecule has 0 spiro atoms. The number of amides is 1. The number of hydrogen-bond donors (Lipinski definition) is 2. The highest BCUT2D eigenvalue weighted by Crippen LogP contribution is 2.31. The monoisotopic (exact) mass is 376 g/mol. The van der Waals surface area contributed by atoms with Crippen LogP contribution >= 0.6 is 11.6 Å². The quantitative estimate of drug-likeness (QED) is 0.857. The van der Waals surface area contributed by atoms with Crippen LogP contribution in [0.2, 0.25) is 5.02 Å². The largest absolute Gasteiger partial charge is 0.440 e. The van der Waals surface area contributed by atoms with E-state index in [0.29, 0.717) is 11.1 Å². The summed E-state index contributed by atoms with van der Waals surface area (Å²) >= 11 is 6.02. The summed E-state index contributed by atoms with van der Waals surface area (Å²) in [6.07, 6.45) is 4.86. The molecule has 26 heavy (non-hydrogen) atoms. The fourth-order valence-corrected chi connectivity index (χ4v) is 4.15. The molecule has 2 fully saturated rings. The van der Waals surface area contributed by atoms with Gasteiger partial charge in [-0.3, -0.25) is 10.2 Å². The Morgan fingerprint density at radius 1 is 1.35 bits per heavy atom. The Morgan fingerprint density at radius 3 is 2.92 bits per heavy atom. The van der Waals surface area contributed by atoms with E-state index in [1.807, 2.05) is 23.1 Å². The van der Waals surface area contributed by atoms with Gasteiger partial charge in [0.05, 0.1) is 0 Å². The van der Waals surface area contributed by atoms with Crippen LogP contribution in [-0.2, 0) is 4.79 Å². The number of nitrogens with one attached hydrogen (secondary N) is 2. The van der Waals surface area contributed by atoms with Gasteiger partial charge in [-0.2, -0.15) is 0 Å². The number of fused-ring (bicyclic) bond motifs is 1. The standard InChI is InChI=1S/C19H25ClN4O2/c1-2-3-14-11-16(23-22-14)19(25)24-8-6-12(7-9-24)18-21-15-10-13(20)4-5-17(15)26-18/h4-5,10,12,14,16,22-23H,2-3,6-9,11H2,1H3. The summed E-state index contributed by atoms with van der Waals surface area (Å²) in [6, 6.07) is 5.80. The molecular weight excluding hydrogens is 352 g/mol. The van der Waals surface area contributed by atoms with Crippen LogP contribution in [0.25, 0.3) is 11.1 Å². The van der Waals surface area contributed by atoms with Gasteiger partial charge < -0.3 is 9.32 Å². The molecule has 2 aliphatic heterocycles. The van der Waals surface area contributed by atoms with E-state index in [9.17, 15) is 4.79 Å². The molecule has 2 saturated heterocycles. The number of aromatic nitrogens is 1. The van der Waals surface area contributed by atoms with Crippen molar-refractivity contribution in [2.24, 2.45) is 0 Å². The molecule has 3 heterocycles. The lowest BCUT2D eigenvalue weighted by molar-refractivity contribution is -0.134. The molecule has 0 bridgehead atoms. The van der Waals surface area contributed by atoms with E-state index in [-0.39, 0.29) is 17.9 Å². The van der Waals surface area contributed by atoms with Crippen LogP contribution in [0.5, 0.6) is 0 Å². The Labute approximate surface area is 158 Å². The smallest absolute Gasteiger partial charge is 0.241 e. The van der Waals surface area contributed by atoms with E-state index in [1.165, 1.54) is 0 Å². The molecule has 0 aliphatic carbocycles. The van der Waals surface area contributed by atoms with Crippen LogP contribution in [-0.4, -0.2) is 41.0 Å². The number of oxazole rings is 1. The van der Waals surface area contributed by atoms with Crippen molar-refractivity contribution in [3.63, 3.8) is 0 Å². The number of hydrazine groups is 1. The summed E-state index contributed by atoms with van der Waals surface area (Å²) in [5.41, 5.74) is 7.99. The highest BCUT2D eigenvalue weighted by molar-refractivity contribution is 6.31. The van der Waals surface area contributed by atoms with Gasteiger partial charge in [0.2, 0.25) is 5.91 Å². The minimum Gasteiger partial charge on any atom is -0.440 e. The average Bonchev–Trinajstić information content (AvgIpc) is 3.28. The van der Waals surface area contributed by atoms with Crippen molar-refractivity contribution < 1.29 is 9.21 Å². The highest BCUT2D eigenvalue weighted by Gasteiger charge is 2.34. The third-order valence-corrected chi connectivity index (χ3v) is 5.67. The molecule has 0 radical (unpaired) electrons. The normalized spacial score (nSPS) is 24.5. The van der Waals surface area contributed by atoms with E-state index in [4.69, 9.17) is 16.0 Å². The van der Waals surface area contributed by atoms with E-state index in [1.54, 1.807) is 0 Å². The van der Waals surface area contributed by atoms with Crippen LogP contribution in [0.4, 0.5) is 0 Å². The zero-order valence-corrected chi connectivity index (χ0v) is 15.8. The van der Waals surface area contributed by atoms with Crippen LogP contribution < -0.4 is 10.9 Å². The van der Waals surface area contributed by atoms with E-state index in [2.05, 4.69) is 22.8 Å². The number of likely N-dealkylation sites (tertiary alicyclic amines) is 1. The summed E-state index contributed by atoms with van der Waals surface area (Å²) in [5, 5.41) is 0.664. The minimum atomic E-state index is -0.102. The molecule has 1 amide bonds. The van der Waals surface area contributed by atoms with Crippen molar-refractivity contribution in [3.05, 3.63) is 29.1 Å². The first-order valence-corrected chi connectivity index (χ1v) is 9.87. The average molecular weight is 377 g/mol. The molecule has 2 atom stereocenters. The van der Waals surface area contributed by atoms with Gasteiger partial charge in [0.25, 0.3) is 0 Å².